The fraction of sp³-hybridized carbons (Fsp3) is 0.310. The Kier molecular flexibility index (Phi) is 6.85. The molecule has 1 atom stereocenters. The molecule has 3 aromatic carbocycles. The van der Waals surface area contributed by atoms with Gasteiger partial charge in [-0.2, -0.15) is 0 Å². The van der Waals surface area contributed by atoms with Gasteiger partial charge in [-0.3, -0.25) is 9.69 Å². The number of hydrogen-bond acceptors (Lipinski definition) is 4. The minimum Gasteiger partial charge on any atom is -0.442 e. The summed E-state index contributed by atoms with van der Waals surface area (Å²) in [5.74, 6) is -0.00165. The topological polar surface area (TPSA) is 55.8 Å². The second kappa shape index (κ2) is 9.82. The van der Waals surface area contributed by atoms with Crippen molar-refractivity contribution in [3.63, 3.8) is 0 Å². The minimum atomic E-state index is -0.884. The van der Waals surface area contributed by atoms with Crippen LogP contribution in [0.1, 0.15) is 37.5 Å². The molecule has 0 saturated carbocycles. The lowest BCUT2D eigenvalue weighted by atomic mass is 9.80. The molecule has 1 amide bonds. The van der Waals surface area contributed by atoms with E-state index in [0.717, 1.165) is 16.7 Å². The summed E-state index contributed by atoms with van der Waals surface area (Å²) in [4.78, 5) is 26.4. The normalized spacial score (nSPS) is 16.4. The lowest BCUT2D eigenvalue weighted by molar-refractivity contribution is -0.126. The molecule has 4 rings (SSSR count). The molecule has 5 nitrogen and oxygen atoms in total. The van der Waals surface area contributed by atoms with Gasteiger partial charge in [-0.1, -0.05) is 112 Å². The van der Waals surface area contributed by atoms with Crippen LogP contribution >= 0.6 is 0 Å². The van der Waals surface area contributed by atoms with Crippen LogP contribution in [0.15, 0.2) is 91.0 Å². The van der Waals surface area contributed by atoms with Crippen LogP contribution in [-0.2, 0) is 19.9 Å². The number of carbonyl (C=O) groups excluding carboxylic acids is 2. The van der Waals surface area contributed by atoms with Crippen LogP contribution in [-0.4, -0.2) is 42.6 Å². The van der Waals surface area contributed by atoms with Crippen molar-refractivity contribution >= 4 is 11.9 Å². The molecular weight excluding hydrogens is 426 g/mol. The van der Waals surface area contributed by atoms with E-state index in [4.69, 9.17) is 9.47 Å². The van der Waals surface area contributed by atoms with Crippen molar-refractivity contribution in [1.82, 2.24) is 4.90 Å². The molecule has 0 bridgehead atoms. The smallest absolute Gasteiger partial charge is 0.410 e. The summed E-state index contributed by atoms with van der Waals surface area (Å²) in [6.45, 7) is 6.10. The van der Waals surface area contributed by atoms with E-state index in [9.17, 15) is 9.59 Å². The van der Waals surface area contributed by atoms with E-state index >= 15 is 0 Å². The first-order valence-corrected chi connectivity index (χ1v) is 11.6. The van der Waals surface area contributed by atoms with E-state index in [-0.39, 0.29) is 18.9 Å². The number of ketones is 1. The summed E-state index contributed by atoms with van der Waals surface area (Å²) in [5, 5.41) is 0. The molecule has 0 aromatic heterocycles. The average Bonchev–Trinajstić information content (AvgIpc) is 3.20. The lowest BCUT2D eigenvalue weighted by Gasteiger charge is -2.36. The van der Waals surface area contributed by atoms with Crippen LogP contribution < -0.4 is 0 Å². The summed E-state index contributed by atoms with van der Waals surface area (Å²) in [6, 6.07) is 30.2. The van der Waals surface area contributed by atoms with Crippen LogP contribution in [0.5, 0.6) is 0 Å². The number of benzene rings is 3. The highest BCUT2D eigenvalue weighted by Gasteiger charge is 2.41. The molecule has 176 valence electrons. The number of rotatable bonds is 8. The van der Waals surface area contributed by atoms with Gasteiger partial charge in [-0.05, 0) is 16.7 Å². The minimum absolute atomic E-state index is 0.00165. The second-order valence-corrected chi connectivity index (χ2v) is 9.65. The maximum Gasteiger partial charge on any atom is 0.410 e. The van der Waals surface area contributed by atoms with E-state index < -0.39 is 23.2 Å². The van der Waals surface area contributed by atoms with Gasteiger partial charge in [0.1, 0.15) is 11.7 Å². The zero-order chi connectivity index (χ0) is 24.2. The van der Waals surface area contributed by atoms with Gasteiger partial charge >= 0.3 is 6.09 Å². The van der Waals surface area contributed by atoms with Gasteiger partial charge in [0, 0.05) is 5.41 Å². The lowest BCUT2D eigenvalue weighted by Crippen LogP contribution is -2.38. The quantitative estimate of drug-likeness (QED) is 0.423. The molecular formula is C29H31NO4. The Morgan fingerprint density at radius 1 is 0.853 bits per heavy atom. The molecule has 1 heterocycles. The summed E-state index contributed by atoms with van der Waals surface area (Å²) >= 11 is 0. The van der Waals surface area contributed by atoms with Crippen molar-refractivity contribution in [2.75, 3.05) is 19.7 Å². The summed E-state index contributed by atoms with van der Waals surface area (Å²) in [5.41, 5.74) is 1.55. The van der Waals surface area contributed by atoms with Crippen molar-refractivity contribution in [1.29, 1.82) is 0 Å². The van der Waals surface area contributed by atoms with E-state index in [0.29, 0.717) is 6.54 Å². The number of amides is 1. The van der Waals surface area contributed by atoms with Crippen LogP contribution in [0.2, 0.25) is 0 Å². The summed E-state index contributed by atoms with van der Waals surface area (Å²) in [7, 11) is 0. The van der Waals surface area contributed by atoms with Crippen LogP contribution in [0, 0.1) is 5.41 Å². The highest BCUT2D eigenvalue weighted by Crippen LogP contribution is 2.40. The van der Waals surface area contributed by atoms with Gasteiger partial charge in [0.25, 0.3) is 0 Å². The number of ether oxygens (including phenoxy) is 2. The van der Waals surface area contributed by atoms with Crippen LogP contribution in [0.25, 0.3) is 0 Å². The van der Waals surface area contributed by atoms with Crippen molar-refractivity contribution in [2.24, 2.45) is 5.41 Å². The molecule has 0 N–H and O–H groups in total. The fourth-order valence-corrected chi connectivity index (χ4v) is 4.19. The van der Waals surface area contributed by atoms with E-state index in [1.54, 1.807) is 0 Å². The van der Waals surface area contributed by atoms with E-state index in [1.165, 1.54) is 4.90 Å². The van der Waals surface area contributed by atoms with Gasteiger partial charge in [-0.25, -0.2) is 4.79 Å². The molecule has 1 fully saturated rings. The number of hydrogen-bond donors (Lipinski definition) is 0. The van der Waals surface area contributed by atoms with Gasteiger partial charge in [0.15, 0.2) is 5.78 Å². The van der Waals surface area contributed by atoms with Gasteiger partial charge < -0.3 is 9.47 Å². The molecule has 1 saturated heterocycles. The van der Waals surface area contributed by atoms with Crippen molar-refractivity contribution in [2.45, 2.75) is 32.5 Å². The first kappa shape index (κ1) is 23.7. The Bertz CT molecular complexity index is 1010. The number of carbonyl (C=O) groups is 2. The molecule has 1 aliphatic rings. The molecule has 34 heavy (non-hydrogen) atoms. The fourth-order valence-electron chi connectivity index (χ4n) is 4.19. The summed E-state index contributed by atoms with van der Waals surface area (Å²) < 4.78 is 12.4. The largest absolute Gasteiger partial charge is 0.442 e. The third-order valence-corrected chi connectivity index (χ3v) is 6.15. The highest BCUT2D eigenvalue weighted by atomic mass is 16.6. The SMILES string of the molecule is CC(C)(C)C(=O)CN1C[C@@H](COC(c2ccccc2)(c2ccccc2)c2ccccc2)OC1=O. The van der Waals surface area contributed by atoms with Gasteiger partial charge in [0.05, 0.1) is 19.7 Å². The first-order chi connectivity index (χ1) is 16.3. The monoisotopic (exact) mass is 457 g/mol. The van der Waals surface area contributed by atoms with Crippen LogP contribution in [0.4, 0.5) is 4.79 Å². The number of nitrogens with zero attached hydrogens (tertiary/aromatic N) is 1. The predicted molar refractivity (Wildman–Crippen MR) is 131 cm³/mol. The Balaban J connectivity index is 1.64. The van der Waals surface area contributed by atoms with E-state index in [1.807, 2.05) is 75.4 Å². The Hall–Kier alpha value is -3.44. The summed E-state index contributed by atoms with van der Waals surface area (Å²) in [6.07, 6.45) is -0.952. The standard InChI is InChI=1S/C29H31NO4/c1-28(2,3)26(31)20-30-19-25(34-27(30)32)21-33-29(22-13-7-4-8-14-22,23-15-9-5-10-16-23)24-17-11-6-12-18-24/h4-18,25H,19-21H2,1-3H3/t25-/m0/s1. The molecule has 0 spiro atoms. The first-order valence-electron chi connectivity index (χ1n) is 11.6. The van der Waals surface area contributed by atoms with Gasteiger partial charge in [-0.15, -0.1) is 0 Å². The second-order valence-electron chi connectivity index (χ2n) is 9.65. The third kappa shape index (κ3) is 4.90. The van der Waals surface area contributed by atoms with Crippen molar-refractivity contribution in [3.05, 3.63) is 108 Å². The molecule has 0 unspecified atom stereocenters. The van der Waals surface area contributed by atoms with Crippen molar-refractivity contribution < 1.29 is 19.1 Å². The number of cyclic esters (lactones) is 1. The Labute approximate surface area is 201 Å². The molecule has 5 heteroatoms. The van der Waals surface area contributed by atoms with Crippen molar-refractivity contribution in [3.8, 4) is 0 Å². The van der Waals surface area contributed by atoms with Gasteiger partial charge in [0.2, 0.25) is 0 Å². The molecule has 1 aliphatic heterocycles. The molecule has 0 aliphatic carbocycles. The number of Topliss-reactive ketones (excluding diaryl/α,β-unsaturated/α-hetero) is 1. The van der Waals surface area contributed by atoms with E-state index in [2.05, 4.69) is 36.4 Å². The Morgan fingerprint density at radius 3 is 1.71 bits per heavy atom. The maximum atomic E-state index is 12.5. The zero-order valence-electron chi connectivity index (χ0n) is 19.9. The average molecular weight is 458 g/mol. The molecule has 3 aromatic rings. The highest BCUT2D eigenvalue weighted by molar-refractivity contribution is 5.88. The van der Waals surface area contributed by atoms with Crippen LogP contribution in [0.3, 0.4) is 0 Å². The third-order valence-electron chi connectivity index (χ3n) is 6.15. The zero-order valence-corrected chi connectivity index (χ0v) is 19.9. The molecule has 0 radical (unpaired) electrons. The maximum absolute atomic E-state index is 12.5. The predicted octanol–water partition coefficient (Wildman–Crippen LogP) is 5.43. The Morgan fingerprint density at radius 2 is 1.29 bits per heavy atom.